The molecule has 6 nitrogen and oxygen atoms in total. The lowest BCUT2D eigenvalue weighted by Crippen LogP contribution is -2.32. The second-order valence-corrected chi connectivity index (χ2v) is 3.47. The number of hydrogen-bond acceptors (Lipinski definition) is 4. The number of aromatic nitrogens is 1. The molecule has 0 bridgehead atoms. The van der Waals surface area contributed by atoms with Crippen LogP contribution in [0.1, 0.15) is 17.4 Å². The van der Waals surface area contributed by atoms with Gasteiger partial charge < -0.3 is 15.3 Å². The molecule has 17 heavy (non-hydrogen) atoms. The third-order valence-corrected chi connectivity index (χ3v) is 2.29. The molecule has 0 aliphatic heterocycles. The van der Waals surface area contributed by atoms with E-state index in [1.807, 2.05) is 6.92 Å². The van der Waals surface area contributed by atoms with Crippen molar-refractivity contribution in [3.8, 4) is 0 Å². The third kappa shape index (κ3) is 3.75. The lowest BCUT2D eigenvalue weighted by atomic mass is 10.3. The van der Waals surface area contributed by atoms with Crippen molar-refractivity contribution in [3.63, 3.8) is 0 Å². The molecule has 0 saturated heterocycles. The summed E-state index contributed by atoms with van der Waals surface area (Å²) in [6.07, 6.45) is 0. The van der Waals surface area contributed by atoms with Gasteiger partial charge in [0.15, 0.2) is 5.69 Å². The van der Waals surface area contributed by atoms with Crippen molar-refractivity contribution in [2.45, 2.75) is 6.92 Å². The monoisotopic (exact) mass is 237 g/mol. The minimum absolute atomic E-state index is 0.0497. The van der Waals surface area contributed by atoms with E-state index in [2.05, 4.69) is 10.3 Å². The highest BCUT2D eigenvalue weighted by molar-refractivity contribution is 5.86. The summed E-state index contributed by atoms with van der Waals surface area (Å²) in [5, 5.41) is 11.5. The summed E-state index contributed by atoms with van der Waals surface area (Å²) < 4.78 is 0. The zero-order chi connectivity index (χ0) is 12.8. The molecule has 0 aromatic carbocycles. The number of hydrogen-bond donors (Lipinski definition) is 2. The Morgan fingerprint density at radius 1 is 1.47 bits per heavy atom. The second-order valence-electron chi connectivity index (χ2n) is 3.47. The van der Waals surface area contributed by atoms with Crippen molar-refractivity contribution in [2.24, 2.45) is 0 Å². The molecule has 1 rings (SSSR count). The molecule has 1 heterocycles. The molecular weight excluding hydrogens is 222 g/mol. The Labute approximate surface area is 99.3 Å². The van der Waals surface area contributed by atoms with Crippen molar-refractivity contribution < 1.29 is 14.7 Å². The van der Waals surface area contributed by atoms with Crippen molar-refractivity contribution in [1.29, 1.82) is 0 Å². The van der Waals surface area contributed by atoms with Gasteiger partial charge in [-0.2, -0.15) is 0 Å². The number of pyridine rings is 1. The van der Waals surface area contributed by atoms with Crippen LogP contribution < -0.4 is 5.32 Å². The lowest BCUT2D eigenvalue weighted by Gasteiger charge is -2.14. The van der Waals surface area contributed by atoms with E-state index in [9.17, 15) is 9.59 Å². The Morgan fingerprint density at radius 3 is 2.76 bits per heavy atom. The fourth-order valence-corrected chi connectivity index (χ4v) is 1.13. The summed E-state index contributed by atoms with van der Waals surface area (Å²) in [5.41, 5.74) is -0.0497. The molecule has 0 radical (unpaired) electrons. The van der Waals surface area contributed by atoms with Crippen LogP contribution in [-0.2, 0) is 4.79 Å². The molecule has 0 aliphatic rings. The number of carbonyl (C=O) groups excluding carboxylic acids is 1. The van der Waals surface area contributed by atoms with Gasteiger partial charge in [-0.1, -0.05) is 6.07 Å². The molecule has 1 aromatic heterocycles. The van der Waals surface area contributed by atoms with Crippen LogP contribution in [0.25, 0.3) is 0 Å². The van der Waals surface area contributed by atoms with Gasteiger partial charge in [0.1, 0.15) is 5.82 Å². The zero-order valence-corrected chi connectivity index (χ0v) is 9.80. The quantitative estimate of drug-likeness (QED) is 0.786. The number of anilines is 1. The number of carboxylic acids is 1. The second kappa shape index (κ2) is 5.83. The van der Waals surface area contributed by atoms with Gasteiger partial charge in [-0.05, 0) is 19.1 Å². The van der Waals surface area contributed by atoms with Gasteiger partial charge >= 0.3 is 5.97 Å². The van der Waals surface area contributed by atoms with Gasteiger partial charge in [-0.25, -0.2) is 9.78 Å². The van der Waals surface area contributed by atoms with Crippen molar-refractivity contribution in [3.05, 3.63) is 23.9 Å². The summed E-state index contributed by atoms with van der Waals surface area (Å²) in [6.45, 7) is 2.60. The first-order valence-electron chi connectivity index (χ1n) is 5.22. The predicted molar refractivity (Wildman–Crippen MR) is 63.0 cm³/mol. The van der Waals surface area contributed by atoms with Crippen LogP contribution in [0, 0.1) is 0 Å². The van der Waals surface area contributed by atoms with E-state index < -0.39 is 5.97 Å². The molecule has 0 saturated carbocycles. The third-order valence-electron chi connectivity index (χ3n) is 2.29. The molecule has 1 aromatic rings. The predicted octanol–water partition coefficient (Wildman–Crippen LogP) is 0.670. The summed E-state index contributed by atoms with van der Waals surface area (Å²) in [7, 11) is 1.70. The van der Waals surface area contributed by atoms with Crippen molar-refractivity contribution in [2.75, 3.05) is 25.5 Å². The van der Waals surface area contributed by atoms with Gasteiger partial charge in [0.05, 0.1) is 6.54 Å². The van der Waals surface area contributed by atoms with Gasteiger partial charge in [-0.3, -0.25) is 4.79 Å². The molecule has 1 amide bonds. The van der Waals surface area contributed by atoms with Crippen LogP contribution >= 0.6 is 0 Å². The van der Waals surface area contributed by atoms with Gasteiger partial charge in [-0.15, -0.1) is 0 Å². The highest BCUT2D eigenvalue weighted by Crippen LogP contribution is 2.04. The lowest BCUT2D eigenvalue weighted by molar-refractivity contribution is -0.127. The molecular formula is C11H15N3O3. The van der Waals surface area contributed by atoms with Crippen LogP contribution in [0.2, 0.25) is 0 Å². The Morgan fingerprint density at radius 2 is 2.18 bits per heavy atom. The fraction of sp³-hybridized carbons (Fsp3) is 0.364. The van der Waals surface area contributed by atoms with E-state index in [0.29, 0.717) is 12.4 Å². The maximum Gasteiger partial charge on any atom is 0.354 e. The van der Waals surface area contributed by atoms with Gasteiger partial charge in [0.25, 0.3) is 0 Å². The normalized spacial score (nSPS) is 9.76. The number of carboxylic acid groups (broad SMARTS) is 1. The highest BCUT2D eigenvalue weighted by atomic mass is 16.4. The van der Waals surface area contributed by atoms with Crippen LogP contribution in [0.15, 0.2) is 18.2 Å². The Kier molecular flexibility index (Phi) is 4.45. The summed E-state index contributed by atoms with van der Waals surface area (Å²) in [5.74, 6) is -0.788. The molecule has 2 N–H and O–H groups in total. The average Bonchev–Trinajstić information content (AvgIpc) is 2.35. The molecule has 0 fully saturated rings. The Hall–Kier alpha value is -2.11. The summed E-state index contributed by atoms with van der Waals surface area (Å²) >= 11 is 0. The van der Waals surface area contributed by atoms with Gasteiger partial charge in [0, 0.05) is 13.6 Å². The van der Waals surface area contributed by atoms with E-state index >= 15 is 0 Å². The first-order chi connectivity index (χ1) is 8.04. The smallest absolute Gasteiger partial charge is 0.354 e. The standard InChI is InChI=1S/C11H15N3O3/c1-3-14(2)10(15)7-12-9-6-4-5-8(13-9)11(16)17/h4-6H,3,7H2,1-2H3,(H,12,13)(H,16,17). The number of amides is 1. The number of aromatic carboxylic acids is 1. The number of nitrogens with one attached hydrogen (secondary N) is 1. The van der Waals surface area contributed by atoms with Crippen molar-refractivity contribution in [1.82, 2.24) is 9.88 Å². The van der Waals surface area contributed by atoms with E-state index in [0.717, 1.165) is 0 Å². The topological polar surface area (TPSA) is 82.5 Å². The zero-order valence-electron chi connectivity index (χ0n) is 9.80. The van der Waals surface area contributed by atoms with Crippen LogP contribution in [0.5, 0.6) is 0 Å². The first kappa shape index (κ1) is 13.0. The van der Waals surface area contributed by atoms with Crippen molar-refractivity contribution >= 4 is 17.7 Å². The Balaban J connectivity index is 2.60. The summed E-state index contributed by atoms with van der Waals surface area (Å²) in [4.78, 5) is 27.6. The maximum atomic E-state index is 11.5. The average molecular weight is 237 g/mol. The largest absolute Gasteiger partial charge is 0.477 e. The first-order valence-corrected chi connectivity index (χ1v) is 5.22. The maximum absolute atomic E-state index is 11.5. The van der Waals surface area contributed by atoms with Crippen LogP contribution in [0.3, 0.4) is 0 Å². The molecule has 0 atom stereocenters. The fourth-order valence-electron chi connectivity index (χ4n) is 1.13. The SMILES string of the molecule is CCN(C)C(=O)CNc1cccc(C(=O)O)n1. The molecule has 92 valence electrons. The summed E-state index contributed by atoms with van der Waals surface area (Å²) in [6, 6.07) is 4.59. The minimum atomic E-state index is -1.09. The van der Waals surface area contributed by atoms with E-state index in [1.165, 1.54) is 6.07 Å². The number of likely N-dealkylation sites (N-methyl/N-ethyl adjacent to an activating group) is 1. The van der Waals surface area contributed by atoms with Gasteiger partial charge in [0.2, 0.25) is 5.91 Å². The number of rotatable bonds is 5. The van der Waals surface area contributed by atoms with E-state index in [1.54, 1.807) is 24.1 Å². The molecule has 0 aliphatic carbocycles. The molecule has 6 heteroatoms. The van der Waals surface area contributed by atoms with E-state index in [-0.39, 0.29) is 18.1 Å². The minimum Gasteiger partial charge on any atom is -0.477 e. The molecule has 0 unspecified atom stereocenters. The van der Waals surface area contributed by atoms with Crippen LogP contribution in [-0.4, -0.2) is 47.0 Å². The number of carbonyl (C=O) groups is 2. The Bertz CT molecular complexity index is 420. The number of nitrogens with zero attached hydrogens (tertiary/aromatic N) is 2. The highest BCUT2D eigenvalue weighted by Gasteiger charge is 2.08. The van der Waals surface area contributed by atoms with E-state index in [4.69, 9.17) is 5.11 Å². The van der Waals surface area contributed by atoms with Crippen LogP contribution in [0.4, 0.5) is 5.82 Å². The molecule has 0 spiro atoms.